The first kappa shape index (κ1) is 23.0. The number of carbonyl (C=O) groups excluding carboxylic acids is 1. The Morgan fingerprint density at radius 2 is 1.78 bits per heavy atom. The predicted octanol–water partition coefficient (Wildman–Crippen LogP) is 6.25. The predicted molar refractivity (Wildman–Crippen MR) is 127 cm³/mol. The number of aliphatic hydroxyl groups excluding tert-OH is 1. The Balaban J connectivity index is 1.16. The van der Waals surface area contributed by atoms with E-state index in [0.29, 0.717) is 39.5 Å². The van der Waals surface area contributed by atoms with Gasteiger partial charge in [-0.1, -0.05) is 23.2 Å². The Hall–Kier alpha value is -2.21. The van der Waals surface area contributed by atoms with Gasteiger partial charge in [-0.2, -0.15) is 0 Å². The van der Waals surface area contributed by atoms with Crippen LogP contribution in [0.2, 0.25) is 10.0 Å². The first-order chi connectivity index (χ1) is 15.5. The summed E-state index contributed by atoms with van der Waals surface area (Å²) in [7, 11) is 0. The molecule has 0 aliphatic heterocycles. The van der Waals surface area contributed by atoms with Crippen LogP contribution in [0.5, 0.6) is 5.75 Å². The molecular weight excluding hydrogens is 449 g/mol. The second kappa shape index (κ2) is 10.6. The van der Waals surface area contributed by atoms with Crippen molar-refractivity contribution in [3.8, 4) is 5.75 Å². The molecule has 0 saturated heterocycles. The van der Waals surface area contributed by atoms with E-state index in [1.807, 2.05) is 0 Å². The van der Waals surface area contributed by atoms with Crippen LogP contribution >= 0.6 is 23.2 Å². The molecule has 1 atom stereocenters. The number of aliphatic hydroxyl groups is 1. The van der Waals surface area contributed by atoms with Crippen LogP contribution in [0, 0.1) is 5.92 Å². The van der Waals surface area contributed by atoms with E-state index in [9.17, 15) is 9.90 Å². The van der Waals surface area contributed by atoms with Crippen molar-refractivity contribution >= 4 is 40.1 Å². The summed E-state index contributed by atoms with van der Waals surface area (Å²) in [6, 6.07) is 14.3. The van der Waals surface area contributed by atoms with Crippen LogP contribution in [0.4, 0.5) is 0 Å². The van der Waals surface area contributed by atoms with Crippen LogP contribution in [0.1, 0.15) is 49.1 Å². The molecule has 0 unspecified atom stereocenters. The molecule has 1 saturated carbocycles. The van der Waals surface area contributed by atoms with Crippen molar-refractivity contribution in [1.82, 2.24) is 5.32 Å². The van der Waals surface area contributed by atoms with E-state index in [0.717, 1.165) is 37.5 Å². The molecule has 0 spiro atoms. The summed E-state index contributed by atoms with van der Waals surface area (Å²) in [6.45, 7) is 0.274. The quantitative estimate of drug-likeness (QED) is 0.403. The van der Waals surface area contributed by atoms with Gasteiger partial charge in [0.2, 0.25) is 0 Å². The second-order valence-corrected chi connectivity index (χ2v) is 9.35. The van der Waals surface area contributed by atoms with Crippen molar-refractivity contribution < 1.29 is 19.1 Å². The SMILES string of the molecule is O=C(NC1CCC(CC[C@H](O)COc2ccc(Cl)cc2)CC1)c1cc2cc(Cl)ccc2o1. The molecular formula is C25H27Cl2NO4. The first-order valence-corrected chi connectivity index (χ1v) is 11.8. The minimum Gasteiger partial charge on any atom is -0.491 e. The Bertz CT molecular complexity index is 1040. The van der Waals surface area contributed by atoms with Crippen molar-refractivity contribution in [2.45, 2.75) is 50.7 Å². The summed E-state index contributed by atoms with van der Waals surface area (Å²) in [5.74, 6) is 1.39. The Labute approximate surface area is 197 Å². The number of hydrogen-bond donors (Lipinski definition) is 2. The number of nitrogens with one attached hydrogen (secondary N) is 1. The maximum absolute atomic E-state index is 12.6. The van der Waals surface area contributed by atoms with Gasteiger partial charge in [-0.25, -0.2) is 0 Å². The van der Waals surface area contributed by atoms with E-state index >= 15 is 0 Å². The zero-order valence-corrected chi connectivity index (χ0v) is 19.2. The highest BCUT2D eigenvalue weighted by atomic mass is 35.5. The summed E-state index contributed by atoms with van der Waals surface area (Å²) >= 11 is 11.9. The molecule has 7 heteroatoms. The van der Waals surface area contributed by atoms with Crippen LogP contribution in [0.3, 0.4) is 0 Å². The number of carbonyl (C=O) groups is 1. The minimum absolute atomic E-state index is 0.147. The number of hydrogen-bond acceptors (Lipinski definition) is 4. The minimum atomic E-state index is -0.496. The molecule has 32 heavy (non-hydrogen) atoms. The van der Waals surface area contributed by atoms with Crippen molar-refractivity contribution in [2.24, 2.45) is 5.92 Å². The topological polar surface area (TPSA) is 71.7 Å². The van der Waals surface area contributed by atoms with Gasteiger partial charge < -0.3 is 19.6 Å². The van der Waals surface area contributed by atoms with Crippen molar-refractivity contribution in [2.75, 3.05) is 6.61 Å². The van der Waals surface area contributed by atoms with E-state index in [-0.39, 0.29) is 18.6 Å². The fraction of sp³-hybridized carbons (Fsp3) is 0.400. The zero-order chi connectivity index (χ0) is 22.5. The van der Waals surface area contributed by atoms with Crippen molar-refractivity contribution in [1.29, 1.82) is 0 Å². The molecule has 1 aromatic heterocycles. The summed E-state index contributed by atoms with van der Waals surface area (Å²) in [5, 5.41) is 15.4. The smallest absolute Gasteiger partial charge is 0.287 e. The Kier molecular flexibility index (Phi) is 7.61. The fourth-order valence-corrected chi connectivity index (χ4v) is 4.52. The van der Waals surface area contributed by atoms with Crippen LogP contribution in [0.25, 0.3) is 11.0 Å². The number of benzene rings is 2. The lowest BCUT2D eigenvalue weighted by Gasteiger charge is -2.29. The van der Waals surface area contributed by atoms with Gasteiger partial charge in [0.25, 0.3) is 5.91 Å². The summed E-state index contributed by atoms with van der Waals surface area (Å²) in [4.78, 5) is 12.6. The van der Waals surface area contributed by atoms with E-state index in [1.165, 1.54) is 0 Å². The highest BCUT2D eigenvalue weighted by molar-refractivity contribution is 6.31. The number of rotatable bonds is 8. The highest BCUT2D eigenvalue weighted by Crippen LogP contribution is 2.29. The lowest BCUT2D eigenvalue weighted by molar-refractivity contribution is 0.0864. The van der Waals surface area contributed by atoms with E-state index < -0.39 is 6.10 Å². The zero-order valence-electron chi connectivity index (χ0n) is 17.7. The maximum atomic E-state index is 12.6. The molecule has 4 rings (SSSR count). The average molecular weight is 476 g/mol. The Morgan fingerprint density at radius 1 is 1.06 bits per heavy atom. The average Bonchev–Trinajstić information content (AvgIpc) is 3.21. The molecule has 2 N–H and O–H groups in total. The van der Waals surface area contributed by atoms with Crippen molar-refractivity contribution in [3.05, 3.63) is 64.3 Å². The van der Waals surface area contributed by atoms with Gasteiger partial charge in [-0.3, -0.25) is 4.79 Å². The normalized spacial score (nSPS) is 19.6. The number of furan rings is 1. The van der Waals surface area contributed by atoms with E-state index in [4.69, 9.17) is 32.4 Å². The summed E-state index contributed by atoms with van der Waals surface area (Å²) in [5.41, 5.74) is 0.654. The third kappa shape index (κ3) is 6.18. The van der Waals surface area contributed by atoms with Gasteiger partial charge in [-0.15, -0.1) is 0 Å². The lowest BCUT2D eigenvalue weighted by atomic mass is 9.83. The van der Waals surface area contributed by atoms with Gasteiger partial charge in [0.05, 0.1) is 6.10 Å². The third-order valence-corrected chi connectivity index (χ3v) is 6.54. The molecule has 1 aliphatic rings. The summed E-state index contributed by atoms with van der Waals surface area (Å²) < 4.78 is 11.3. The van der Waals surface area contributed by atoms with Crippen LogP contribution in [0.15, 0.2) is 52.9 Å². The molecule has 1 fully saturated rings. The number of amides is 1. The molecule has 1 heterocycles. The number of fused-ring (bicyclic) bond motifs is 1. The monoisotopic (exact) mass is 475 g/mol. The molecule has 1 amide bonds. The van der Waals surface area contributed by atoms with Crippen molar-refractivity contribution in [3.63, 3.8) is 0 Å². The van der Waals surface area contributed by atoms with Gasteiger partial charge in [-0.05, 0) is 93.0 Å². The first-order valence-electron chi connectivity index (χ1n) is 11.0. The molecule has 0 radical (unpaired) electrons. The molecule has 3 aromatic rings. The van der Waals surface area contributed by atoms with Gasteiger partial charge in [0.1, 0.15) is 17.9 Å². The molecule has 170 valence electrons. The Morgan fingerprint density at radius 3 is 2.53 bits per heavy atom. The standard InChI is InChI=1S/C25H27Cl2NO4/c26-18-4-10-22(11-5-18)31-15-21(29)9-3-16-1-7-20(8-2-16)28-25(30)24-14-17-13-19(27)6-12-23(17)32-24/h4-6,10-14,16,20-21,29H,1-3,7-9,15H2,(H,28,30)/t16?,20?,21-/m0/s1. The summed E-state index contributed by atoms with van der Waals surface area (Å²) in [6.07, 6.45) is 5.09. The third-order valence-electron chi connectivity index (χ3n) is 6.05. The molecule has 0 bridgehead atoms. The molecule has 1 aliphatic carbocycles. The van der Waals surface area contributed by atoms with Gasteiger partial charge in [0.15, 0.2) is 5.76 Å². The van der Waals surface area contributed by atoms with Gasteiger partial charge >= 0.3 is 0 Å². The fourth-order valence-electron chi connectivity index (χ4n) is 4.21. The van der Waals surface area contributed by atoms with Gasteiger partial charge in [0, 0.05) is 21.5 Å². The largest absolute Gasteiger partial charge is 0.491 e. The highest BCUT2D eigenvalue weighted by Gasteiger charge is 2.24. The number of ether oxygens (including phenoxy) is 1. The van der Waals surface area contributed by atoms with E-state index in [1.54, 1.807) is 48.5 Å². The number of halogens is 2. The lowest BCUT2D eigenvalue weighted by Crippen LogP contribution is -2.37. The van der Waals surface area contributed by atoms with Crippen LogP contribution in [-0.2, 0) is 0 Å². The molecule has 2 aromatic carbocycles. The van der Waals surface area contributed by atoms with E-state index in [2.05, 4.69) is 5.32 Å². The second-order valence-electron chi connectivity index (χ2n) is 8.48. The maximum Gasteiger partial charge on any atom is 0.287 e. The van der Waals surface area contributed by atoms with Crippen LogP contribution < -0.4 is 10.1 Å². The molecule has 5 nitrogen and oxygen atoms in total. The van der Waals surface area contributed by atoms with Crippen LogP contribution in [-0.4, -0.2) is 29.8 Å².